The van der Waals surface area contributed by atoms with E-state index < -0.39 is 0 Å². The predicted octanol–water partition coefficient (Wildman–Crippen LogP) is 2.90. The Kier molecular flexibility index (Phi) is 4.85. The molecule has 1 aliphatic heterocycles. The summed E-state index contributed by atoms with van der Waals surface area (Å²) in [4.78, 5) is 30.7. The number of rotatable bonds is 4. The standard InChI is InChI=1S/C20H26N4O2/c1-12(2)24-11-16(9-18(24)25)19(26)22-20-21-10-17(23(20)5)15-7-6-13(3)14(4)8-15/h6-8,10,12,16H,9,11H2,1-5H3,(H,21,22,26)/t16-/m1/s1. The van der Waals surface area contributed by atoms with Crippen LogP contribution in [0, 0.1) is 19.8 Å². The maximum absolute atomic E-state index is 12.6. The Morgan fingerprint density at radius 2 is 2.00 bits per heavy atom. The van der Waals surface area contributed by atoms with Crippen molar-refractivity contribution in [2.75, 3.05) is 11.9 Å². The second-order valence-electron chi connectivity index (χ2n) is 7.36. The minimum atomic E-state index is -0.327. The molecule has 1 atom stereocenters. The monoisotopic (exact) mass is 354 g/mol. The SMILES string of the molecule is Cc1ccc(-c2cnc(NC(=O)[C@@H]3CC(=O)N(C(C)C)C3)n2C)cc1C. The molecule has 138 valence electrons. The van der Waals surface area contributed by atoms with Crippen molar-refractivity contribution < 1.29 is 9.59 Å². The van der Waals surface area contributed by atoms with Crippen molar-refractivity contribution in [1.82, 2.24) is 14.5 Å². The number of imidazole rings is 1. The van der Waals surface area contributed by atoms with Gasteiger partial charge in [0, 0.05) is 31.6 Å². The van der Waals surface area contributed by atoms with Crippen LogP contribution in [0.2, 0.25) is 0 Å². The summed E-state index contributed by atoms with van der Waals surface area (Å²) < 4.78 is 1.87. The predicted molar refractivity (Wildman–Crippen MR) is 102 cm³/mol. The summed E-state index contributed by atoms with van der Waals surface area (Å²) in [7, 11) is 1.88. The van der Waals surface area contributed by atoms with Crippen molar-refractivity contribution in [3.8, 4) is 11.3 Å². The average molecular weight is 354 g/mol. The molecule has 0 aliphatic carbocycles. The van der Waals surface area contributed by atoms with Crippen molar-refractivity contribution in [2.24, 2.45) is 13.0 Å². The molecule has 1 aliphatic rings. The number of aromatic nitrogens is 2. The lowest BCUT2D eigenvalue weighted by Gasteiger charge is -2.20. The summed E-state index contributed by atoms with van der Waals surface area (Å²) in [6, 6.07) is 6.38. The number of anilines is 1. The third-order valence-electron chi connectivity index (χ3n) is 5.18. The van der Waals surface area contributed by atoms with Crippen LogP contribution >= 0.6 is 0 Å². The van der Waals surface area contributed by atoms with E-state index in [0.29, 0.717) is 12.5 Å². The first-order valence-electron chi connectivity index (χ1n) is 8.97. The van der Waals surface area contributed by atoms with Gasteiger partial charge in [-0.2, -0.15) is 0 Å². The quantitative estimate of drug-likeness (QED) is 0.918. The molecule has 1 saturated heterocycles. The fourth-order valence-corrected chi connectivity index (χ4v) is 3.31. The van der Waals surface area contributed by atoms with Crippen LogP contribution in [0.5, 0.6) is 0 Å². The molecule has 0 saturated carbocycles. The number of hydrogen-bond acceptors (Lipinski definition) is 3. The first kappa shape index (κ1) is 18.2. The Balaban J connectivity index is 1.75. The van der Waals surface area contributed by atoms with Gasteiger partial charge in [-0.1, -0.05) is 12.1 Å². The van der Waals surface area contributed by atoms with Crippen LogP contribution in [0.15, 0.2) is 24.4 Å². The first-order valence-corrected chi connectivity index (χ1v) is 8.97. The normalized spacial score (nSPS) is 17.2. The van der Waals surface area contributed by atoms with E-state index in [4.69, 9.17) is 0 Å². The summed E-state index contributed by atoms with van der Waals surface area (Å²) in [5.74, 6) is 0.0583. The Bertz CT molecular complexity index is 853. The molecule has 2 amide bonds. The number of nitrogens with one attached hydrogen (secondary N) is 1. The Morgan fingerprint density at radius 1 is 1.27 bits per heavy atom. The Morgan fingerprint density at radius 3 is 2.62 bits per heavy atom. The minimum absolute atomic E-state index is 0.0378. The highest BCUT2D eigenvalue weighted by Gasteiger charge is 2.35. The van der Waals surface area contributed by atoms with Crippen molar-refractivity contribution in [1.29, 1.82) is 0 Å². The van der Waals surface area contributed by atoms with Crippen molar-refractivity contribution in [3.05, 3.63) is 35.5 Å². The van der Waals surface area contributed by atoms with Gasteiger partial charge in [0.05, 0.1) is 17.8 Å². The molecule has 0 unspecified atom stereocenters. The highest BCUT2D eigenvalue weighted by molar-refractivity contribution is 5.96. The second kappa shape index (κ2) is 6.94. The molecule has 3 rings (SSSR count). The number of carbonyl (C=O) groups is 2. The molecular formula is C20H26N4O2. The Labute approximate surface area is 154 Å². The van der Waals surface area contributed by atoms with Crippen LogP contribution in [0.1, 0.15) is 31.4 Å². The number of benzene rings is 1. The largest absolute Gasteiger partial charge is 0.339 e. The highest BCUT2D eigenvalue weighted by atomic mass is 16.2. The fraction of sp³-hybridized carbons (Fsp3) is 0.450. The molecule has 6 nitrogen and oxygen atoms in total. The van der Waals surface area contributed by atoms with Crippen molar-refractivity contribution >= 4 is 17.8 Å². The van der Waals surface area contributed by atoms with Gasteiger partial charge in [0.1, 0.15) is 0 Å². The molecule has 26 heavy (non-hydrogen) atoms. The van der Waals surface area contributed by atoms with E-state index in [-0.39, 0.29) is 30.2 Å². The van der Waals surface area contributed by atoms with E-state index in [1.54, 1.807) is 11.1 Å². The van der Waals surface area contributed by atoms with Gasteiger partial charge in [-0.25, -0.2) is 4.98 Å². The zero-order valence-electron chi connectivity index (χ0n) is 16.0. The zero-order chi connectivity index (χ0) is 19.0. The van der Waals surface area contributed by atoms with Crippen LogP contribution in [-0.4, -0.2) is 38.9 Å². The third kappa shape index (κ3) is 3.36. The van der Waals surface area contributed by atoms with Gasteiger partial charge in [-0.05, 0) is 44.9 Å². The molecular weight excluding hydrogens is 328 g/mol. The topological polar surface area (TPSA) is 67.2 Å². The third-order valence-corrected chi connectivity index (χ3v) is 5.18. The molecule has 2 heterocycles. The zero-order valence-corrected chi connectivity index (χ0v) is 16.0. The van der Waals surface area contributed by atoms with Crippen LogP contribution in [0.3, 0.4) is 0 Å². The van der Waals surface area contributed by atoms with E-state index >= 15 is 0 Å². The van der Waals surface area contributed by atoms with Crippen molar-refractivity contribution in [3.63, 3.8) is 0 Å². The number of likely N-dealkylation sites (tertiary alicyclic amines) is 1. The number of hydrogen-bond donors (Lipinski definition) is 1. The van der Waals surface area contributed by atoms with Gasteiger partial charge in [0.2, 0.25) is 17.8 Å². The summed E-state index contributed by atoms with van der Waals surface area (Å²) in [5, 5.41) is 2.88. The Hall–Kier alpha value is -2.63. The smallest absolute Gasteiger partial charge is 0.232 e. The second-order valence-corrected chi connectivity index (χ2v) is 7.36. The molecule has 0 radical (unpaired) electrons. The lowest BCUT2D eigenvalue weighted by atomic mass is 10.0. The minimum Gasteiger partial charge on any atom is -0.339 e. The van der Waals surface area contributed by atoms with Gasteiger partial charge < -0.3 is 9.47 Å². The van der Waals surface area contributed by atoms with Crippen LogP contribution in [0.25, 0.3) is 11.3 Å². The number of carbonyl (C=O) groups excluding carboxylic acids is 2. The van der Waals surface area contributed by atoms with E-state index in [1.807, 2.05) is 25.5 Å². The van der Waals surface area contributed by atoms with Gasteiger partial charge in [-0.15, -0.1) is 0 Å². The number of amides is 2. The molecule has 6 heteroatoms. The van der Waals surface area contributed by atoms with Crippen LogP contribution in [-0.2, 0) is 16.6 Å². The molecule has 1 aromatic carbocycles. The molecule has 1 fully saturated rings. The number of nitrogens with zero attached hydrogens (tertiary/aromatic N) is 3. The molecule has 2 aromatic rings. The molecule has 1 aromatic heterocycles. The average Bonchev–Trinajstić information content (AvgIpc) is 3.14. The summed E-state index contributed by atoms with van der Waals surface area (Å²) in [6.07, 6.45) is 2.03. The van der Waals surface area contributed by atoms with E-state index in [9.17, 15) is 9.59 Å². The summed E-state index contributed by atoms with van der Waals surface area (Å²) in [5.41, 5.74) is 4.46. The van der Waals surface area contributed by atoms with E-state index in [1.165, 1.54) is 11.1 Å². The maximum Gasteiger partial charge on any atom is 0.232 e. The van der Waals surface area contributed by atoms with Gasteiger partial charge in [-0.3, -0.25) is 14.9 Å². The highest BCUT2D eigenvalue weighted by Crippen LogP contribution is 2.26. The van der Waals surface area contributed by atoms with Gasteiger partial charge >= 0.3 is 0 Å². The molecule has 0 bridgehead atoms. The van der Waals surface area contributed by atoms with Crippen molar-refractivity contribution in [2.45, 2.75) is 40.2 Å². The lowest BCUT2D eigenvalue weighted by Crippen LogP contribution is -2.33. The van der Waals surface area contributed by atoms with Gasteiger partial charge in [0.25, 0.3) is 0 Å². The summed E-state index contributed by atoms with van der Waals surface area (Å²) in [6.45, 7) is 8.56. The van der Waals surface area contributed by atoms with Crippen LogP contribution < -0.4 is 5.32 Å². The van der Waals surface area contributed by atoms with Crippen LogP contribution in [0.4, 0.5) is 5.95 Å². The lowest BCUT2D eigenvalue weighted by molar-refractivity contribution is -0.129. The maximum atomic E-state index is 12.6. The fourth-order valence-electron chi connectivity index (χ4n) is 3.31. The van der Waals surface area contributed by atoms with E-state index in [2.05, 4.69) is 42.3 Å². The summed E-state index contributed by atoms with van der Waals surface area (Å²) >= 11 is 0. The molecule has 0 spiro atoms. The molecule has 1 N–H and O–H groups in total. The van der Waals surface area contributed by atoms with Gasteiger partial charge in [0.15, 0.2) is 0 Å². The first-order chi connectivity index (χ1) is 12.3. The van der Waals surface area contributed by atoms with E-state index in [0.717, 1.165) is 11.3 Å². The number of aryl methyl sites for hydroxylation is 2.